The van der Waals surface area contributed by atoms with Crippen LogP contribution in [0.25, 0.3) is 0 Å². The van der Waals surface area contributed by atoms with Gasteiger partial charge in [0.05, 0.1) is 6.20 Å². The lowest BCUT2D eigenvalue weighted by Gasteiger charge is -2.17. The van der Waals surface area contributed by atoms with E-state index in [0.717, 1.165) is 12.4 Å². The number of benzene rings is 1. The van der Waals surface area contributed by atoms with Crippen LogP contribution in [-0.2, 0) is 6.54 Å². The third-order valence-corrected chi connectivity index (χ3v) is 2.39. The van der Waals surface area contributed by atoms with Gasteiger partial charge in [0.25, 0.3) is 0 Å². The van der Waals surface area contributed by atoms with Crippen molar-refractivity contribution in [1.82, 2.24) is 4.98 Å². The molecule has 3 heteroatoms. The maximum Gasteiger partial charge on any atom is 0.134 e. The molecule has 3 nitrogen and oxygen atoms in total. The smallest absolute Gasteiger partial charge is 0.134 e. The Morgan fingerprint density at radius 3 is 2.50 bits per heavy atom. The molecule has 0 aliphatic rings. The summed E-state index contributed by atoms with van der Waals surface area (Å²) in [6, 6.07) is 13.7. The Labute approximate surface area is 95.0 Å². The van der Waals surface area contributed by atoms with Gasteiger partial charge in [-0.15, -0.1) is 0 Å². The van der Waals surface area contributed by atoms with Crippen molar-refractivity contribution in [3.8, 4) is 5.75 Å². The SMILES string of the molecule is CN(Cc1ccccc1)c1ccc(O)cn1. The standard InChI is InChI=1S/C13H14N2O/c1-15(10-11-5-3-2-4-6-11)13-8-7-12(16)9-14-13/h2-9,16H,10H2,1H3. The van der Waals surface area contributed by atoms with E-state index in [2.05, 4.69) is 17.1 Å². The van der Waals surface area contributed by atoms with Crippen molar-refractivity contribution >= 4 is 5.82 Å². The van der Waals surface area contributed by atoms with Crippen LogP contribution in [0.2, 0.25) is 0 Å². The van der Waals surface area contributed by atoms with E-state index in [1.54, 1.807) is 12.1 Å². The fraction of sp³-hybridized carbons (Fsp3) is 0.154. The van der Waals surface area contributed by atoms with Gasteiger partial charge in [-0.25, -0.2) is 4.98 Å². The van der Waals surface area contributed by atoms with Crippen LogP contribution in [0.1, 0.15) is 5.56 Å². The van der Waals surface area contributed by atoms with Gasteiger partial charge in [0.15, 0.2) is 0 Å². The number of aromatic nitrogens is 1. The lowest BCUT2D eigenvalue weighted by Crippen LogP contribution is -2.17. The number of anilines is 1. The Morgan fingerprint density at radius 2 is 1.88 bits per heavy atom. The normalized spacial score (nSPS) is 10.1. The zero-order chi connectivity index (χ0) is 11.4. The van der Waals surface area contributed by atoms with Gasteiger partial charge in [0.1, 0.15) is 11.6 Å². The molecule has 0 spiro atoms. The molecule has 0 aliphatic carbocycles. The molecule has 16 heavy (non-hydrogen) atoms. The van der Waals surface area contributed by atoms with E-state index in [4.69, 9.17) is 5.11 Å². The summed E-state index contributed by atoms with van der Waals surface area (Å²) in [7, 11) is 1.98. The van der Waals surface area contributed by atoms with Crippen LogP contribution in [0.3, 0.4) is 0 Å². The molecule has 0 bridgehead atoms. The highest BCUT2D eigenvalue weighted by Crippen LogP contribution is 2.15. The van der Waals surface area contributed by atoms with Gasteiger partial charge in [0.2, 0.25) is 0 Å². The second-order valence-electron chi connectivity index (χ2n) is 3.72. The summed E-state index contributed by atoms with van der Waals surface area (Å²) in [5, 5.41) is 9.15. The van der Waals surface area contributed by atoms with Gasteiger partial charge in [-0.2, -0.15) is 0 Å². The molecule has 0 fully saturated rings. The highest BCUT2D eigenvalue weighted by Gasteiger charge is 2.02. The molecule has 1 N–H and O–H groups in total. The van der Waals surface area contributed by atoms with Gasteiger partial charge >= 0.3 is 0 Å². The molecule has 2 aromatic rings. The zero-order valence-corrected chi connectivity index (χ0v) is 9.17. The molecule has 1 aromatic carbocycles. The van der Waals surface area contributed by atoms with Crippen molar-refractivity contribution in [1.29, 1.82) is 0 Å². The Kier molecular flexibility index (Phi) is 3.05. The first-order valence-corrected chi connectivity index (χ1v) is 5.16. The molecular weight excluding hydrogens is 200 g/mol. The molecule has 82 valence electrons. The lowest BCUT2D eigenvalue weighted by atomic mass is 10.2. The van der Waals surface area contributed by atoms with Crippen molar-refractivity contribution in [3.05, 3.63) is 54.2 Å². The van der Waals surface area contributed by atoms with E-state index in [0.29, 0.717) is 0 Å². The number of aromatic hydroxyl groups is 1. The van der Waals surface area contributed by atoms with Crippen LogP contribution in [-0.4, -0.2) is 17.1 Å². The molecule has 0 unspecified atom stereocenters. The maximum absolute atomic E-state index is 9.15. The Bertz CT molecular complexity index is 439. The Balaban J connectivity index is 2.09. The van der Waals surface area contributed by atoms with Crippen LogP contribution in [0.15, 0.2) is 48.7 Å². The largest absolute Gasteiger partial charge is 0.506 e. The van der Waals surface area contributed by atoms with E-state index in [-0.39, 0.29) is 5.75 Å². The first-order valence-electron chi connectivity index (χ1n) is 5.16. The van der Waals surface area contributed by atoms with Crippen LogP contribution in [0.4, 0.5) is 5.82 Å². The second-order valence-corrected chi connectivity index (χ2v) is 3.72. The molecule has 0 atom stereocenters. The van der Waals surface area contributed by atoms with E-state index < -0.39 is 0 Å². The average Bonchev–Trinajstić information content (AvgIpc) is 2.31. The van der Waals surface area contributed by atoms with Crippen LogP contribution in [0.5, 0.6) is 5.75 Å². The fourth-order valence-corrected chi connectivity index (χ4v) is 1.54. The number of pyridine rings is 1. The summed E-state index contributed by atoms with van der Waals surface area (Å²) >= 11 is 0. The van der Waals surface area contributed by atoms with E-state index >= 15 is 0 Å². The number of nitrogens with zero attached hydrogens (tertiary/aromatic N) is 2. The van der Waals surface area contributed by atoms with Crippen molar-refractivity contribution < 1.29 is 5.11 Å². The topological polar surface area (TPSA) is 36.4 Å². The average molecular weight is 214 g/mol. The third kappa shape index (κ3) is 2.51. The highest BCUT2D eigenvalue weighted by atomic mass is 16.3. The number of hydrogen-bond acceptors (Lipinski definition) is 3. The van der Waals surface area contributed by atoms with Gasteiger partial charge in [-0.05, 0) is 17.7 Å². The molecule has 1 aromatic heterocycles. The summed E-state index contributed by atoms with van der Waals surface area (Å²) in [6.07, 6.45) is 1.46. The van der Waals surface area contributed by atoms with Gasteiger partial charge in [-0.1, -0.05) is 30.3 Å². The molecule has 1 heterocycles. The summed E-state index contributed by atoms with van der Waals surface area (Å²) in [5.41, 5.74) is 1.24. The van der Waals surface area contributed by atoms with Crippen molar-refractivity contribution in [2.45, 2.75) is 6.54 Å². The molecular formula is C13H14N2O. The van der Waals surface area contributed by atoms with Gasteiger partial charge < -0.3 is 10.0 Å². The zero-order valence-electron chi connectivity index (χ0n) is 9.17. The van der Waals surface area contributed by atoms with Crippen LogP contribution < -0.4 is 4.90 Å². The number of hydrogen-bond donors (Lipinski definition) is 1. The molecule has 2 rings (SSSR count). The van der Waals surface area contributed by atoms with Crippen LogP contribution in [0, 0.1) is 0 Å². The van der Waals surface area contributed by atoms with Crippen molar-refractivity contribution in [2.24, 2.45) is 0 Å². The fourth-order valence-electron chi connectivity index (χ4n) is 1.54. The maximum atomic E-state index is 9.15. The summed E-state index contributed by atoms with van der Waals surface area (Å²) in [5.74, 6) is 1.04. The minimum atomic E-state index is 0.192. The first kappa shape index (κ1) is 10.5. The van der Waals surface area contributed by atoms with Gasteiger partial charge in [-0.3, -0.25) is 0 Å². The lowest BCUT2D eigenvalue weighted by molar-refractivity contribution is 0.472. The predicted molar refractivity (Wildman–Crippen MR) is 64.5 cm³/mol. The minimum Gasteiger partial charge on any atom is -0.506 e. The monoisotopic (exact) mass is 214 g/mol. The molecule has 0 saturated heterocycles. The second kappa shape index (κ2) is 4.66. The Hall–Kier alpha value is -2.03. The predicted octanol–water partition coefficient (Wildman–Crippen LogP) is 2.42. The van der Waals surface area contributed by atoms with Crippen molar-refractivity contribution in [3.63, 3.8) is 0 Å². The molecule has 0 aliphatic heterocycles. The third-order valence-electron chi connectivity index (χ3n) is 2.39. The highest BCUT2D eigenvalue weighted by molar-refractivity contribution is 5.40. The summed E-state index contributed by atoms with van der Waals surface area (Å²) in [4.78, 5) is 6.19. The van der Waals surface area contributed by atoms with Crippen molar-refractivity contribution in [2.75, 3.05) is 11.9 Å². The molecule has 0 amide bonds. The number of rotatable bonds is 3. The van der Waals surface area contributed by atoms with Crippen LogP contribution >= 0.6 is 0 Å². The summed E-state index contributed by atoms with van der Waals surface area (Å²) < 4.78 is 0. The van der Waals surface area contributed by atoms with E-state index in [1.165, 1.54) is 11.8 Å². The Morgan fingerprint density at radius 1 is 1.12 bits per heavy atom. The van der Waals surface area contributed by atoms with Gasteiger partial charge in [0, 0.05) is 13.6 Å². The first-order chi connectivity index (χ1) is 7.75. The summed E-state index contributed by atoms with van der Waals surface area (Å²) in [6.45, 7) is 0.804. The van der Waals surface area contributed by atoms with E-state index in [1.807, 2.05) is 30.1 Å². The minimum absolute atomic E-state index is 0.192. The molecule has 0 radical (unpaired) electrons. The quantitative estimate of drug-likeness (QED) is 0.852. The van der Waals surface area contributed by atoms with E-state index in [9.17, 15) is 0 Å². The molecule has 0 saturated carbocycles.